The summed E-state index contributed by atoms with van der Waals surface area (Å²) in [5.74, 6) is 1.98. The number of aryl methyl sites for hydroxylation is 2. The molecule has 140 valence electrons. The summed E-state index contributed by atoms with van der Waals surface area (Å²) in [5, 5.41) is 3.43. The molecule has 2 aromatic carbocycles. The van der Waals surface area contributed by atoms with E-state index >= 15 is 0 Å². The molecule has 0 saturated heterocycles. The largest absolute Gasteiger partial charge is 0.488 e. The van der Waals surface area contributed by atoms with Crippen molar-refractivity contribution in [1.82, 2.24) is 15.3 Å². The van der Waals surface area contributed by atoms with Crippen LogP contribution in [0.2, 0.25) is 0 Å². The Balaban J connectivity index is 1.42. The number of nitrogens with one attached hydrogen (secondary N) is 2. The van der Waals surface area contributed by atoms with Crippen LogP contribution in [0.3, 0.4) is 0 Å². The van der Waals surface area contributed by atoms with E-state index in [0.29, 0.717) is 6.61 Å². The summed E-state index contributed by atoms with van der Waals surface area (Å²) in [5.41, 5.74) is 10.8. The van der Waals surface area contributed by atoms with Gasteiger partial charge in [0.1, 0.15) is 17.9 Å². The molecule has 3 aromatic rings. The second kappa shape index (κ2) is 5.92. The molecule has 2 aliphatic heterocycles. The molecule has 6 rings (SSSR count). The van der Waals surface area contributed by atoms with Gasteiger partial charge in [0.05, 0.1) is 24.1 Å². The standard InChI is InChI=1S/C22H21N4OP/c1-11-23-9-19(24-11)13-2-4-15-16-6-12-3-5-18-21(26-22(28)25-18)17(12)7-14(16)10-27-20(15)8-13/h2,4,6-8,19H,3,5,9-10,28H2,1H3,(H,23,24)(H,25,26). The Kier molecular flexibility index (Phi) is 3.45. The Morgan fingerprint density at radius 3 is 2.82 bits per heavy atom. The van der Waals surface area contributed by atoms with Crippen LogP contribution in [0, 0.1) is 0 Å². The van der Waals surface area contributed by atoms with E-state index in [0.717, 1.165) is 42.2 Å². The smallest absolute Gasteiger partial charge is 0.128 e. The van der Waals surface area contributed by atoms with Crippen LogP contribution in [0.15, 0.2) is 35.3 Å². The van der Waals surface area contributed by atoms with Crippen LogP contribution >= 0.6 is 9.24 Å². The lowest BCUT2D eigenvalue weighted by Crippen LogP contribution is -2.21. The highest BCUT2D eigenvalue weighted by atomic mass is 31.0. The lowest BCUT2D eigenvalue weighted by atomic mass is 9.85. The van der Waals surface area contributed by atoms with Crippen molar-refractivity contribution in [2.24, 2.45) is 4.99 Å². The highest BCUT2D eigenvalue weighted by molar-refractivity contribution is 7.26. The number of benzene rings is 2. The van der Waals surface area contributed by atoms with Crippen molar-refractivity contribution in [3.63, 3.8) is 0 Å². The maximum atomic E-state index is 6.16. The summed E-state index contributed by atoms with van der Waals surface area (Å²) >= 11 is 0. The number of fused-ring (bicyclic) bond motifs is 6. The van der Waals surface area contributed by atoms with Crippen LogP contribution in [0.5, 0.6) is 5.75 Å². The van der Waals surface area contributed by atoms with Crippen LogP contribution < -0.4 is 15.6 Å². The average Bonchev–Trinajstić information content (AvgIpc) is 3.31. The number of nitrogens with zero attached hydrogens (tertiary/aromatic N) is 2. The predicted molar refractivity (Wildman–Crippen MR) is 114 cm³/mol. The number of rotatable bonds is 1. The maximum Gasteiger partial charge on any atom is 0.128 e. The zero-order chi connectivity index (χ0) is 18.8. The molecule has 0 bridgehead atoms. The van der Waals surface area contributed by atoms with Gasteiger partial charge in [0, 0.05) is 16.8 Å². The molecule has 5 nitrogen and oxygen atoms in total. The Morgan fingerprint density at radius 2 is 1.96 bits per heavy atom. The number of aromatic nitrogens is 2. The van der Waals surface area contributed by atoms with Gasteiger partial charge >= 0.3 is 0 Å². The normalized spacial score (nSPS) is 18.9. The van der Waals surface area contributed by atoms with Crippen molar-refractivity contribution >= 4 is 20.6 Å². The summed E-state index contributed by atoms with van der Waals surface area (Å²) in [7, 11) is 2.67. The molecule has 3 aliphatic rings. The van der Waals surface area contributed by atoms with E-state index in [9.17, 15) is 0 Å². The zero-order valence-corrected chi connectivity index (χ0v) is 16.8. The highest BCUT2D eigenvalue weighted by Crippen LogP contribution is 2.43. The lowest BCUT2D eigenvalue weighted by Gasteiger charge is -2.25. The molecule has 2 atom stereocenters. The third kappa shape index (κ3) is 2.43. The van der Waals surface area contributed by atoms with Gasteiger partial charge in [-0.1, -0.05) is 21.4 Å². The summed E-state index contributed by atoms with van der Waals surface area (Å²) in [6.45, 7) is 3.40. The molecular formula is C22H21N4OP. The van der Waals surface area contributed by atoms with E-state index in [2.05, 4.69) is 54.9 Å². The van der Waals surface area contributed by atoms with Gasteiger partial charge < -0.3 is 15.0 Å². The van der Waals surface area contributed by atoms with Crippen molar-refractivity contribution < 1.29 is 4.74 Å². The van der Waals surface area contributed by atoms with E-state index in [4.69, 9.17) is 9.72 Å². The molecule has 0 radical (unpaired) electrons. The van der Waals surface area contributed by atoms with Crippen molar-refractivity contribution in [3.05, 3.63) is 52.7 Å². The number of H-pyrrole nitrogens is 1. The molecule has 6 heteroatoms. The number of aromatic amines is 1. The average molecular weight is 388 g/mol. The van der Waals surface area contributed by atoms with E-state index in [1.54, 1.807) is 0 Å². The fourth-order valence-corrected chi connectivity index (χ4v) is 4.90. The molecule has 0 saturated carbocycles. The van der Waals surface area contributed by atoms with Gasteiger partial charge in [-0.25, -0.2) is 4.98 Å². The van der Waals surface area contributed by atoms with Crippen molar-refractivity contribution in [1.29, 1.82) is 0 Å². The minimum absolute atomic E-state index is 0.248. The van der Waals surface area contributed by atoms with Crippen LogP contribution in [0.4, 0.5) is 0 Å². The first-order chi connectivity index (χ1) is 13.7. The first-order valence-corrected chi connectivity index (χ1v) is 10.3. The molecule has 3 heterocycles. The van der Waals surface area contributed by atoms with Gasteiger partial charge in [-0.15, -0.1) is 0 Å². The number of aliphatic imine (C=N–C) groups is 1. The summed E-state index contributed by atoms with van der Waals surface area (Å²) < 4.78 is 6.16. The molecule has 0 fully saturated rings. The summed E-state index contributed by atoms with van der Waals surface area (Å²) in [4.78, 5) is 12.5. The SMILES string of the molecule is CC1=NCC(c2ccc3c(c2)OCc2cc4c(cc2-3)CCc2[nH]c(P)nc2-4)N1. The van der Waals surface area contributed by atoms with Crippen LogP contribution in [-0.2, 0) is 19.4 Å². The Morgan fingerprint density at radius 1 is 1.07 bits per heavy atom. The predicted octanol–water partition coefficient (Wildman–Crippen LogP) is 3.30. The molecule has 2 unspecified atom stereocenters. The quantitative estimate of drug-likeness (QED) is 0.629. The lowest BCUT2D eigenvalue weighted by molar-refractivity contribution is 0.302. The third-order valence-corrected chi connectivity index (χ3v) is 6.27. The molecule has 1 aliphatic carbocycles. The number of imidazole rings is 1. The zero-order valence-electron chi connectivity index (χ0n) is 15.7. The van der Waals surface area contributed by atoms with E-state index in [1.807, 2.05) is 6.92 Å². The van der Waals surface area contributed by atoms with Crippen molar-refractivity contribution in [3.8, 4) is 28.1 Å². The van der Waals surface area contributed by atoms with Crippen LogP contribution in [0.1, 0.15) is 35.3 Å². The van der Waals surface area contributed by atoms with Crippen LogP contribution in [0.25, 0.3) is 22.4 Å². The fraction of sp³-hybridized carbons (Fsp3) is 0.273. The first-order valence-electron chi connectivity index (χ1n) is 9.71. The topological polar surface area (TPSA) is 62.3 Å². The number of amidine groups is 1. The summed E-state index contributed by atoms with van der Waals surface area (Å²) in [6.07, 6.45) is 2.05. The molecule has 0 spiro atoms. The Hall–Kier alpha value is -2.65. The molecule has 1 aromatic heterocycles. The molecule has 2 N–H and O–H groups in total. The highest BCUT2D eigenvalue weighted by Gasteiger charge is 2.26. The monoisotopic (exact) mass is 388 g/mol. The van der Waals surface area contributed by atoms with Gasteiger partial charge in [0.25, 0.3) is 0 Å². The van der Waals surface area contributed by atoms with Gasteiger partial charge in [-0.2, -0.15) is 0 Å². The first kappa shape index (κ1) is 16.3. The molecular weight excluding hydrogens is 367 g/mol. The van der Waals surface area contributed by atoms with Gasteiger partial charge in [0.15, 0.2) is 0 Å². The molecule has 0 amide bonds. The van der Waals surface area contributed by atoms with E-state index in [-0.39, 0.29) is 6.04 Å². The fourth-order valence-electron chi connectivity index (χ4n) is 4.59. The van der Waals surface area contributed by atoms with Crippen molar-refractivity contribution in [2.75, 3.05) is 6.54 Å². The number of hydrogen-bond acceptors (Lipinski definition) is 4. The second-order valence-electron chi connectivity index (χ2n) is 7.78. The third-order valence-electron chi connectivity index (χ3n) is 6.00. The Bertz CT molecular complexity index is 1160. The molecule has 28 heavy (non-hydrogen) atoms. The van der Waals surface area contributed by atoms with Gasteiger partial charge in [0.2, 0.25) is 0 Å². The minimum atomic E-state index is 0.248. The van der Waals surface area contributed by atoms with E-state index < -0.39 is 0 Å². The number of hydrogen-bond donors (Lipinski definition) is 2. The van der Waals surface area contributed by atoms with Gasteiger partial charge in [-0.3, -0.25) is 4.99 Å². The minimum Gasteiger partial charge on any atom is -0.488 e. The second-order valence-corrected chi connectivity index (χ2v) is 8.33. The van der Waals surface area contributed by atoms with E-state index in [1.165, 1.54) is 39.1 Å². The number of ether oxygens (including phenoxy) is 1. The Labute approximate surface area is 165 Å². The van der Waals surface area contributed by atoms with Gasteiger partial charge in [-0.05, 0) is 60.2 Å². The van der Waals surface area contributed by atoms with Crippen molar-refractivity contribution in [2.45, 2.75) is 32.4 Å². The van der Waals surface area contributed by atoms with Crippen LogP contribution in [-0.4, -0.2) is 22.3 Å². The summed E-state index contributed by atoms with van der Waals surface area (Å²) in [6, 6.07) is 11.5. The maximum absolute atomic E-state index is 6.16.